The van der Waals surface area contributed by atoms with Crippen LogP contribution in [-0.4, -0.2) is 31.0 Å². The highest BCUT2D eigenvalue weighted by Crippen LogP contribution is 2.35. The molecule has 3 rings (SSSR count). The molecule has 1 saturated heterocycles. The maximum absolute atomic E-state index is 13.1. The summed E-state index contributed by atoms with van der Waals surface area (Å²) in [7, 11) is -3.49. The van der Waals surface area contributed by atoms with Crippen LogP contribution in [-0.2, 0) is 14.8 Å². The van der Waals surface area contributed by atoms with Gasteiger partial charge in [-0.25, -0.2) is 13.6 Å². The maximum atomic E-state index is 13.1. The fourth-order valence-corrected chi connectivity index (χ4v) is 4.95. The van der Waals surface area contributed by atoms with Gasteiger partial charge in [-0.05, 0) is 50.7 Å². The summed E-state index contributed by atoms with van der Waals surface area (Å²) >= 11 is 0. The number of rotatable bonds is 3. The Morgan fingerprint density at radius 1 is 1.12 bits per heavy atom. The van der Waals surface area contributed by atoms with Crippen molar-refractivity contribution < 1.29 is 17.6 Å². The van der Waals surface area contributed by atoms with Crippen LogP contribution in [0.5, 0.6) is 0 Å². The Kier molecular flexibility index (Phi) is 5.30. The van der Waals surface area contributed by atoms with Crippen molar-refractivity contribution in [2.24, 2.45) is 11.1 Å². The Labute approximate surface area is 143 Å². The normalized spacial score (nSPS) is 29.2. The van der Waals surface area contributed by atoms with Crippen LogP contribution < -0.4 is 5.14 Å². The Morgan fingerprint density at radius 3 is 2.50 bits per heavy atom. The molecule has 0 bridgehead atoms. The zero-order chi connectivity index (χ0) is 17.2. The lowest BCUT2D eigenvalue weighted by atomic mass is 9.87. The lowest BCUT2D eigenvalue weighted by Gasteiger charge is -2.34. The zero-order valence-corrected chi connectivity index (χ0v) is 14.7. The van der Waals surface area contributed by atoms with Crippen LogP contribution in [0.3, 0.4) is 0 Å². The average molecular weight is 354 g/mol. The van der Waals surface area contributed by atoms with Gasteiger partial charge in [-0.1, -0.05) is 12.8 Å². The number of sulfonamides is 1. The van der Waals surface area contributed by atoms with Gasteiger partial charge in [0, 0.05) is 12.5 Å². The van der Waals surface area contributed by atoms with E-state index in [0.717, 1.165) is 38.0 Å². The van der Waals surface area contributed by atoms with Crippen LogP contribution in [0.15, 0.2) is 22.8 Å². The molecule has 0 aromatic carbocycles. The van der Waals surface area contributed by atoms with Crippen LogP contribution in [0.4, 0.5) is 0 Å². The molecule has 0 radical (unpaired) electrons. The molecule has 1 aliphatic heterocycles. The van der Waals surface area contributed by atoms with Gasteiger partial charge in [-0.15, -0.1) is 0 Å². The van der Waals surface area contributed by atoms with Crippen LogP contribution in [0.2, 0.25) is 0 Å². The smallest absolute Gasteiger partial charge is 0.226 e. The van der Waals surface area contributed by atoms with Gasteiger partial charge in [0.1, 0.15) is 5.76 Å². The highest BCUT2D eigenvalue weighted by Gasteiger charge is 2.36. The summed E-state index contributed by atoms with van der Waals surface area (Å²) in [6, 6.07) is 3.81. The van der Waals surface area contributed by atoms with Gasteiger partial charge >= 0.3 is 0 Å². The molecule has 1 aliphatic carbocycles. The fraction of sp³-hybridized carbons (Fsp3) is 0.706. The number of carbonyl (C=O) groups excluding carboxylic acids is 1. The minimum Gasteiger partial charge on any atom is -0.467 e. The lowest BCUT2D eigenvalue weighted by molar-refractivity contribution is -0.139. The first-order valence-corrected chi connectivity index (χ1v) is 10.4. The second-order valence-electron chi connectivity index (χ2n) is 6.97. The van der Waals surface area contributed by atoms with Gasteiger partial charge in [0.15, 0.2) is 0 Å². The van der Waals surface area contributed by atoms with E-state index in [1.165, 1.54) is 0 Å². The monoisotopic (exact) mass is 354 g/mol. The molecule has 0 spiro atoms. The van der Waals surface area contributed by atoms with Gasteiger partial charge in [-0.3, -0.25) is 4.79 Å². The molecule has 134 valence electrons. The van der Waals surface area contributed by atoms with E-state index in [2.05, 4.69) is 0 Å². The summed E-state index contributed by atoms with van der Waals surface area (Å²) in [4.78, 5) is 15.0. The van der Waals surface area contributed by atoms with Crippen molar-refractivity contribution in [2.45, 2.75) is 62.7 Å². The third-order valence-electron chi connectivity index (χ3n) is 5.40. The number of amides is 1. The number of nitrogens with zero attached hydrogens (tertiary/aromatic N) is 1. The minimum absolute atomic E-state index is 0.00552. The number of carbonyl (C=O) groups is 1. The highest BCUT2D eigenvalue weighted by molar-refractivity contribution is 7.89. The molecule has 2 N–H and O–H groups in total. The highest BCUT2D eigenvalue weighted by atomic mass is 32.2. The Hall–Kier alpha value is -1.34. The third-order valence-corrected chi connectivity index (χ3v) is 6.80. The second-order valence-corrected chi connectivity index (χ2v) is 8.82. The number of nitrogens with two attached hydrogens (primary N) is 1. The molecule has 6 nitrogen and oxygen atoms in total. The number of hydrogen-bond donors (Lipinski definition) is 1. The molecular formula is C17H26N2O4S. The van der Waals surface area contributed by atoms with E-state index in [1.54, 1.807) is 6.26 Å². The van der Waals surface area contributed by atoms with Crippen LogP contribution >= 0.6 is 0 Å². The topological polar surface area (TPSA) is 93.6 Å². The number of furan rings is 1. The van der Waals surface area contributed by atoms with Crippen molar-refractivity contribution in [3.05, 3.63) is 24.2 Å². The van der Waals surface area contributed by atoms with Gasteiger partial charge in [0.2, 0.25) is 15.9 Å². The van der Waals surface area contributed by atoms with Crippen LogP contribution in [0.1, 0.15) is 63.2 Å². The Balaban J connectivity index is 1.70. The second kappa shape index (κ2) is 7.27. The summed E-state index contributed by atoms with van der Waals surface area (Å²) in [6.45, 7) is 0.749. The van der Waals surface area contributed by atoms with E-state index in [9.17, 15) is 13.2 Å². The van der Waals surface area contributed by atoms with E-state index in [0.29, 0.717) is 25.7 Å². The van der Waals surface area contributed by atoms with E-state index in [4.69, 9.17) is 9.56 Å². The Bertz CT molecular complexity index is 648. The molecule has 2 heterocycles. The van der Waals surface area contributed by atoms with E-state index >= 15 is 0 Å². The van der Waals surface area contributed by atoms with E-state index in [-0.39, 0.29) is 17.9 Å². The first-order valence-electron chi connectivity index (χ1n) is 8.82. The van der Waals surface area contributed by atoms with Crippen molar-refractivity contribution in [1.29, 1.82) is 0 Å². The Morgan fingerprint density at radius 2 is 1.88 bits per heavy atom. The van der Waals surface area contributed by atoms with Gasteiger partial charge in [0.05, 0.1) is 17.6 Å². The fourth-order valence-electron chi connectivity index (χ4n) is 4.02. The molecular weight excluding hydrogens is 328 g/mol. The molecule has 24 heavy (non-hydrogen) atoms. The first kappa shape index (κ1) is 17.5. The summed E-state index contributed by atoms with van der Waals surface area (Å²) in [6.07, 6.45) is 7.96. The predicted molar refractivity (Wildman–Crippen MR) is 90.5 cm³/mol. The molecule has 2 aliphatic rings. The summed E-state index contributed by atoms with van der Waals surface area (Å²) < 4.78 is 28.5. The van der Waals surface area contributed by atoms with Crippen molar-refractivity contribution in [2.75, 3.05) is 6.54 Å². The van der Waals surface area contributed by atoms with Crippen molar-refractivity contribution in [1.82, 2.24) is 4.90 Å². The first-order chi connectivity index (χ1) is 11.5. The maximum Gasteiger partial charge on any atom is 0.226 e. The van der Waals surface area contributed by atoms with Crippen LogP contribution in [0, 0.1) is 5.92 Å². The van der Waals surface area contributed by atoms with E-state index in [1.807, 2.05) is 17.0 Å². The zero-order valence-electron chi connectivity index (χ0n) is 13.9. The quantitative estimate of drug-likeness (QED) is 0.902. The predicted octanol–water partition coefficient (Wildman–Crippen LogP) is 2.57. The molecule has 1 aromatic heterocycles. The van der Waals surface area contributed by atoms with E-state index < -0.39 is 15.3 Å². The summed E-state index contributed by atoms with van der Waals surface area (Å²) in [5.74, 6) is 0.896. The van der Waals surface area contributed by atoms with Gasteiger partial charge < -0.3 is 9.32 Å². The number of hydrogen-bond acceptors (Lipinski definition) is 4. The standard InChI is InChI=1S/C17H26N2O4S/c18-24(21,22)14-9-7-13(8-10-14)17(20)19-11-3-1-2-5-15(19)16-6-4-12-23-16/h4,6,12-15H,1-3,5,7-11H2,(H2,18,21,22). The molecule has 1 amide bonds. The molecule has 2 fully saturated rings. The van der Waals surface area contributed by atoms with Crippen molar-refractivity contribution >= 4 is 15.9 Å². The summed E-state index contributed by atoms with van der Waals surface area (Å²) in [5, 5.41) is 4.75. The van der Waals surface area contributed by atoms with Crippen molar-refractivity contribution in [3.63, 3.8) is 0 Å². The minimum atomic E-state index is -3.49. The number of primary sulfonamides is 1. The molecule has 1 aromatic rings. The van der Waals surface area contributed by atoms with Gasteiger partial charge in [0.25, 0.3) is 0 Å². The molecule has 1 unspecified atom stereocenters. The third kappa shape index (κ3) is 3.83. The van der Waals surface area contributed by atoms with Crippen molar-refractivity contribution in [3.8, 4) is 0 Å². The largest absolute Gasteiger partial charge is 0.467 e. The molecule has 1 atom stereocenters. The molecule has 7 heteroatoms. The van der Waals surface area contributed by atoms with Crippen LogP contribution in [0.25, 0.3) is 0 Å². The summed E-state index contributed by atoms with van der Waals surface area (Å²) in [5.41, 5.74) is 0. The average Bonchev–Trinajstić information content (AvgIpc) is 2.98. The van der Waals surface area contributed by atoms with Gasteiger partial charge in [-0.2, -0.15) is 0 Å². The number of likely N-dealkylation sites (tertiary alicyclic amines) is 1. The molecule has 1 saturated carbocycles. The SMILES string of the molecule is NS(=O)(=O)C1CCC(C(=O)N2CCCCCC2c2ccco2)CC1. The lowest BCUT2D eigenvalue weighted by Crippen LogP contribution is -2.42.